The molecule has 1 amide bonds. The third-order valence-corrected chi connectivity index (χ3v) is 4.10. The molecule has 0 bridgehead atoms. The number of aryl methyl sites for hydroxylation is 1. The number of hydrogen-bond acceptors (Lipinski definition) is 5. The Morgan fingerprint density at radius 1 is 1.29 bits per heavy atom. The molecular formula is C20H26F2N4O2. The SMILES string of the molecule is CCCCNc1cc(C(=O)NC(C)c2cnc(OCC(F)F)c(C)c2)ccn1. The first-order chi connectivity index (χ1) is 13.4. The molecule has 0 aliphatic heterocycles. The summed E-state index contributed by atoms with van der Waals surface area (Å²) in [5.74, 6) is 0.593. The molecule has 0 fully saturated rings. The summed E-state index contributed by atoms with van der Waals surface area (Å²) < 4.78 is 29.5. The third kappa shape index (κ3) is 6.44. The van der Waals surface area contributed by atoms with E-state index in [2.05, 4.69) is 27.5 Å². The van der Waals surface area contributed by atoms with Crippen molar-refractivity contribution in [1.82, 2.24) is 15.3 Å². The number of rotatable bonds is 10. The zero-order valence-corrected chi connectivity index (χ0v) is 16.3. The Labute approximate surface area is 163 Å². The van der Waals surface area contributed by atoms with Gasteiger partial charge in [-0.1, -0.05) is 13.3 Å². The van der Waals surface area contributed by atoms with Crippen molar-refractivity contribution >= 4 is 11.7 Å². The Bertz CT molecular complexity index is 787. The number of nitrogens with one attached hydrogen (secondary N) is 2. The van der Waals surface area contributed by atoms with Gasteiger partial charge in [0.05, 0.1) is 6.04 Å². The van der Waals surface area contributed by atoms with Crippen LogP contribution < -0.4 is 15.4 Å². The Hall–Kier alpha value is -2.77. The predicted octanol–water partition coefficient (Wildman–Crippen LogP) is 4.13. The van der Waals surface area contributed by atoms with Gasteiger partial charge in [-0.05, 0) is 44.0 Å². The minimum Gasteiger partial charge on any atom is -0.471 e. The lowest BCUT2D eigenvalue weighted by atomic mass is 10.1. The molecule has 2 aromatic rings. The van der Waals surface area contributed by atoms with E-state index in [0.29, 0.717) is 16.9 Å². The number of ether oxygens (including phenoxy) is 1. The number of nitrogens with zero attached hydrogens (tertiary/aromatic N) is 2. The molecule has 2 N–H and O–H groups in total. The number of carbonyl (C=O) groups excluding carboxylic acids is 1. The molecule has 6 nitrogen and oxygen atoms in total. The highest BCUT2D eigenvalue weighted by molar-refractivity contribution is 5.95. The maximum Gasteiger partial charge on any atom is 0.272 e. The van der Waals surface area contributed by atoms with Crippen molar-refractivity contribution in [3.8, 4) is 5.88 Å². The standard InChI is InChI=1S/C20H26F2N4O2/c1-4-5-7-23-18-10-15(6-8-24-18)19(27)26-14(3)16-9-13(2)20(25-11-16)28-12-17(21)22/h6,8-11,14,17H,4-5,7,12H2,1-3H3,(H,23,24)(H,26,27). The highest BCUT2D eigenvalue weighted by atomic mass is 19.3. The molecule has 2 aromatic heterocycles. The molecular weight excluding hydrogens is 366 g/mol. The molecule has 0 spiro atoms. The van der Waals surface area contributed by atoms with Gasteiger partial charge in [-0.15, -0.1) is 0 Å². The van der Waals surface area contributed by atoms with E-state index in [4.69, 9.17) is 4.74 Å². The van der Waals surface area contributed by atoms with Crippen LogP contribution in [0.1, 0.15) is 54.2 Å². The maximum atomic E-state index is 12.5. The van der Waals surface area contributed by atoms with Crippen LogP contribution in [0.15, 0.2) is 30.6 Å². The number of unbranched alkanes of at least 4 members (excludes halogenated alkanes) is 1. The van der Waals surface area contributed by atoms with Gasteiger partial charge >= 0.3 is 0 Å². The van der Waals surface area contributed by atoms with Crippen molar-refractivity contribution in [3.05, 3.63) is 47.3 Å². The molecule has 0 radical (unpaired) electrons. The maximum absolute atomic E-state index is 12.5. The molecule has 152 valence electrons. The topological polar surface area (TPSA) is 76.1 Å². The molecule has 28 heavy (non-hydrogen) atoms. The minimum absolute atomic E-state index is 0.166. The van der Waals surface area contributed by atoms with E-state index in [-0.39, 0.29) is 17.8 Å². The van der Waals surface area contributed by atoms with E-state index in [1.807, 2.05) is 6.92 Å². The second-order valence-corrected chi connectivity index (χ2v) is 6.50. The smallest absolute Gasteiger partial charge is 0.272 e. The van der Waals surface area contributed by atoms with E-state index < -0.39 is 13.0 Å². The monoisotopic (exact) mass is 392 g/mol. The second kappa shape index (κ2) is 10.5. The Morgan fingerprint density at radius 3 is 2.75 bits per heavy atom. The van der Waals surface area contributed by atoms with Crippen LogP contribution in [0.4, 0.5) is 14.6 Å². The zero-order valence-electron chi connectivity index (χ0n) is 16.3. The Kier molecular flexibility index (Phi) is 8.10. The van der Waals surface area contributed by atoms with Gasteiger partial charge in [-0.2, -0.15) is 0 Å². The van der Waals surface area contributed by atoms with Crippen molar-refractivity contribution < 1.29 is 18.3 Å². The van der Waals surface area contributed by atoms with Gasteiger partial charge in [0, 0.05) is 30.1 Å². The van der Waals surface area contributed by atoms with Crippen LogP contribution in [0, 0.1) is 6.92 Å². The number of aromatic nitrogens is 2. The minimum atomic E-state index is -2.55. The average Bonchev–Trinajstić information content (AvgIpc) is 2.67. The van der Waals surface area contributed by atoms with E-state index in [1.165, 1.54) is 6.20 Å². The normalized spacial score (nSPS) is 11.9. The quantitative estimate of drug-likeness (QED) is 0.595. The summed E-state index contributed by atoms with van der Waals surface area (Å²) in [6, 6.07) is 4.82. The fourth-order valence-corrected chi connectivity index (χ4v) is 2.54. The van der Waals surface area contributed by atoms with Gasteiger partial charge in [0.1, 0.15) is 5.82 Å². The molecule has 1 unspecified atom stereocenters. The highest BCUT2D eigenvalue weighted by Gasteiger charge is 2.15. The number of amides is 1. The predicted molar refractivity (Wildman–Crippen MR) is 104 cm³/mol. The molecule has 8 heteroatoms. The molecule has 2 rings (SSSR count). The fraction of sp³-hybridized carbons (Fsp3) is 0.450. The Morgan fingerprint density at radius 2 is 2.07 bits per heavy atom. The van der Waals surface area contributed by atoms with Crippen LogP contribution in [-0.2, 0) is 0 Å². The van der Waals surface area contributed by atoms with Crippen LogP contribution in [0.25, 0.3) is 0 Å². The molecule has 2 heterocycles. The zero-order chi connectivity index (χ0) is 20.5. The van der Waals surface area contributed by atoms with Crippen molar-refractivity contribution in [2.75, 3.05) is 18.5 Å². The Balaban J connectivity index is 2.00. The first-order valence-corrected chi connectivity index (χ1v) is 9.29. The van der Waals surface area contributed by atoms with Crippen molar-refractivity contribution in [3.63, 3.8) is 0 Å². The number of hydrogen-bond donors (Lipinski definition) is 2. The van der Waals surface area contributed by atoms with E-state index in [0.717, 1.165) is 24.9 Å². The lowest BCUT2D eigenvalue weighted by Crippen LogP contribution is -2.27. The van der Waals surface area contributed by atoms with Crippen LogP contribution in [-0.4, -0.2) is 35.5 Å². The van der Waals surface area contributed by atoms with Crippen LogP contribution >= 0.6 is 0 Å². The summed E-state index contributed by atoms with van der Waals surface area (Å²) in [6.07, 6.45) is 2.65. The number of carbonyl (C=O) groups is 1. The van der Waals surface area contributed by atoms with Gasteiger partial charge in [0.25, 0.3) is 12.3 Å². The van der Waals surface area contributed by atoms with Crippen molar-refractivity contribution in [2.45, 2.75) is 46.1 Å². The van der Waals surface area contributed by atoms with Gasteiger partial charge in [0.15, 0.2) is 6.61 Å². The van der Waals surface area contributed by atoms with Crippen LogP contribution in [0.3, 0.4) is 0 Å². The number of halogens is 2. The summed E-state index contributed by atoms with van der Waals surface area (Å²) in [6.45, 7) is 5.76. The molecule has 0 aromatic carbocycles. The van der Waals surface area contributed by atoms with Crippen molar-refractivity contribution in [1.29, 1.82) is 0 Å². The molecule has 0 aliphatic carbocycles. The lowest BCUT2D eigenvalue weighted by Gasteiger charge is -2.16. The van der Waals surface area contributed by atoms with Gasteiger partial charge < -0.3 is 15.4 Å². The number of alkyl halides is 2. The summed E-state index contributed by atoms with van der Waals surface area (Å²) in [5, 5.41) is 6.10. The molecule has 0 saturated carbocycles. The molecule has 0 saturated heterocycles. The first kappa shape index (κ1) is 21.5. The average molecular weight is 392 g/mol. The largest absolute Gasteiger partial charge is 0.471 e. The van der Waals surface area contributed by atoms with Gasteiger partial charge in [-0.3, -0.25) is 4.79 Å². The first-order valence-electron chi connectivity index (χ1n) is 9.29. The van der Waals surface area contributed by atoms with E-state index in [1.54, 1.807) is 31.3 Å². The summed E-state index contributed by atoms with van der Waals surface area (Å²) in [5.41, 5.74) is 1.89. The lowest BCUT2D eigenvalue weighted by molar-refractivity contribution is 0.0791. The van der Waals surface area contributed by atoms with Crippen LogP contribution in [0.5, 0.6) is 5.88 Å². The number of pyridine rings is 2. The molecule has 1 atom stereocenters. The summed E-state index contributed by atoms with van der Waals surface area (Å²) in [4.78, 5) is 20.8. The van der Waals surface area contributed by atoms with E-state index >= 15 is 0 Å². The second-order valence-electron chi connectivity index (χ2n) is 6.50. The van der Waals surface area contributed by atoms with E-state index in [9.17, 15) is 13.6 Å². The van der Waals surface area contributed by atoms with Crippen molar-refractivity contribution in [2.24, 2.45) is 0 Å². The van der Waals surface area contributed by atoms with Gasteiger partial charge in [0.2, 0.25) is 5.88 Å². The highest BCUT2D eigenvalue weighted by Crippen LogP contribution is 2.20. The summed E-state index contributed by atoms with van der Waals surface area (Å²) in [7, 11) is 0. The van der Waals surface area contributed by atoms with Gasteiger partial charge in [-0.25, -0.2) is 18.7 Å². The third-order valence-electron chi connectivity index (χ3n) is 4.10. The molecule has 0 aliphatic rings. The number of anilines is 1. The van der Waals surface area contributed by atoms with Crippen LogP contribution in [0.2, 0.25) is 0 Å². The fourth-order valence-electron chi connectivity index (χ4n) is 2.54. The summed E-state index contributed by atoms with van der Waals surface area (Å²) >= 11 is 0.